The van der Waals surface area contributed by atoms with E-state index < -0.39 is 23.9 Å². The van der Waals surface area contributed by atoms with Gasteiger partial charge in [0, 0.05) is 0 Å². The van der Waals surface area contributed by atoms with Crippen molar-refractivity contribution in [1.29, 1.82) is 0 Å². The van der Waals surface area contributed by atoms with Crippen molar-refractivity contribution in [2.45, 2.75) is 0 Å². The Morgan fingerprint density at radius 3 is 0.800 bits per heavy atom. The van der Waals surface area contributed by atoms with Crippen molar-refractivity contribution in [3.8, 4) is 0 Å². The Bertz CT molecular complexity index is 181. The third-order valence-corrected chi connectivity index (χ3v) is 0.349. The Morgan fingerprint density at radius 2 is 0.800 bits per heavy atom. The van der Waals surface area contributed by atoms with Gasteiger partial charge < -0.3 is 30.0 Å². The van der Waals surface area contributed by atoms with E-state index in [0.717, 1.165) is 0 Å². The van der Waals surface area contributed by atoms with Crippen molar-refractivity contribution in [3.05, 3.63) is 0 Å². The molecule has 0 saturated carbocycles. The summed E-state index contributed by atoms with van der Waals surface area (Å²) < 4.78 is 0. The minimum absolute atomic E-state index is 0. The molecule has 0 amide bonds. The van der Waals surface area contributed by atoms with Gasteiger partial charge in [-0.25, -0.2) is 9.59 Å². The molecule has 0 unspecified atom stereocenters. The molecule has 0 saturated heterocycles. The molecule has 15 heavy (non-hydrogen) atoms. The number of hydrogen-bond acceptors (Lipinski definition) is 6. The van der Waals surface area contributed by atoms with E-state index >= 15 is 0 Å². The summed E-state index contributed by atoms with van der Waals surface area (Å²) in [7, 11) is 0. The Balaban J connectivity index is -0.0000000370. The fraction of sp³-hybridized carbons (Fsp3) is 0. The molecule has 74 valence electrons. The summed E-state index contributed by atoms with van der Waals surface area (Å²) in [4.78, 5) is 36.1. The Labute approximate surface area is 179 Å². The largest absolute Gasteiger partial charge is 2.00 e. The van der Waals surface area contributed by atoms with Gasteiger partial charge in [0.1, 0.15) is 0 Å². The third kappa shape index (κ3) is 31.3. The van der Waals surface area contributed by atoms with Gasteiger partial charge in [0.2, 0.25) is 0 Å². The van der Waals surface area contributed by atoms with Crippen molar-refractivity contribution in [2.24, 2.45) is 0 Å². The molecule has 0 aliphatic heterocycles. The minimum atomic E-state index is -2.07. The number of carbonyl (C=O) groups is 4. The number of carbonyl (C=O) groups excluding carboxylic acids is 2. The maximum atomic E-state index is 9.04. The van der Waals surface area contributed by atoms with Gasteiger partial charge in [-0.1, -0.05) is 0 Å². The topological polar surface area (TPSA) is 155 Å². The van der Waals surface area contributed by atoms with Crippen LogP contribution in [0, 0.1) is 0 Å². The second-order valence-electron chi connectivity index (χ2n) is 1.19. The van der Waals surface area contributed by atoms with Crippen molar-refractivity contribution in [2.75, 3.05) is 0 Å². The van der Waals surface area contributed by atoms with Gasteiger partial charge in [-0.3, -0.25) is 0 Å². The maximum Gasteiger partial charge on any atom is 2.00 e. The first-order chi connectivity index (χ1) is 5.29. The van der Waals surface area contributed by atoms with Crippen molar-refractivity contribution in [1.82, 2.24) is 0 Å². The molecule has 0 aliphatic carbocycles. The average molecular weight is 312 g/mol. The van der Waals surface area contributed by atoms with Gasteiger partial charge in [0.25, 0.3) is 0 Å². The molecule has 0 heterocycles. The molecule has 8 nitrogen and oxygen atoms in total. The molecule has 2 N–H and O–H groups in total. The standard InChI is InChI=1S/2C2H2O4.Fe.2K/c2*3-1(4)2(5)6;;;/h2*(H,3,4)(H,5,6);;;/q;;+2;2*+1/p-2. The monoisotopic (exact) mass is 312 g/mol. The molecule has 0 aromatic carbocycles. The summed E-state index contributed by atoms with van der Waals surface area (Å²) in [6, 6.07) is 0. The predicted octanol–water partition coefficient (Wildman–Crippen LogP) is -10.4. The van der Waals surface area contributed by atoms with Crippen LogP contribution in [0.25, 0.3) is 0 Å². The molecule has 11 heteroatoms. The zero-order chi connectivity index (χ0) is 10.3. The Kier molecular flexibility index (Phi) is 36.2. The molecule has 0 aromatic rings. The van der Waals surface area contributed by atoms with Crippen LogP contribution < -0.4 is 113 Å². The molecule has 0 aliphatic rings. The van der Waals surface area contributed by atoms with Crippen LogP contribution >= 0.6 is 0 Å². The van der Waals surface area contributed by atoms with Gasteiger partial charge in [-0.15, -0.1) is 0 Å². The first-order valence-electron chi connectivity index (χ1n) is 2.17. The van der Waals surface area contributed by atoms with Gasteiger partial charge >= 0.3 is 132 Å². The molecule has 0 fully saturated rings. The first-order valence-corrected chi connectivity index (χ1v) is 2.17. The fourth-order valence-electron chi connectivity index (χ4n) is 0. The Morgan fingerprint density at radius 1 is 0.733 bits per heavy atom. The van der Waals surface area contributed by atoms with E-state index in [1.165, 1.54) is 0 Å². The van der Waals surface area contributed by atoms with Crippen LogP contribution in [0.3, 0.4) is 0 Å². The van der Waals surface area contributed by atoms with E-state index in [1.54, 1.807) is 0 Å². The normalized spacial score (nSPS) is 5.87. The van der Waals surface area contributed by atoms with Crippen LogP contribution in [0.4, 0.5) is 0 Å². The van der Waals surface area contributed by atoms with Crippen molar-refractivity contribution >= 4 is 23.9 Å². The van der Waals surface area contributed by atoms with Gasteiger partial charge in [-0.2, -0.15) is 0 Å². The second-order valence-corrected chi connectivity index (χ2v) is 1.19. The molecule has 0 radical (unpaired) electrons. The Hall–Kier alpha value is 1.67. The molecular formula is C4H2FeK2O8+2. The predicted molar refractivity (Wildman–Crippen MR) is 25.3 cm³/mol. The van der Waals surface area contributed by atoms with E-state index in [4.69, 9.17) is 39.6 Å². The molecule has 0 spiro atoms. The average Bonchev–Trinajstić information content (AvgIpc) is 1.88. The second kappa shape index (κ2) is 18.0. The van der Waals surface area contributed by atoms with E-state index in [2.05, 4.69) is 0 Å². The van der Waals surface area contributed by atoms with E-state index in [0.29, 0.717) is 0 Å². The van der Waals surface area contributed by atoms with E-state index in [1.807, 2.05) is 0 Å². The SMILES string of the molecule is O=C([O-])C(=O)O.O=C([O-])C(=O)O.[Fe+2].[K+].[K+]. The van der Waals surface area contributed by atoms with Crippen LogP contribution in [0.2, 0.25) is 0 Å². The smallest absolute Gasteiger partial charge is 0.539 e. The molecule has 0 bridgehead atoms. The molecule has 0 rings (SSSR count). The van der Waals surface area contributed by atoms with Gasteiger partial charge in [0.05, 0.1) is 0 Å². The summed E-state index contributed by atoms with van der Waals surface area (Å²) in [5, 5.41) is 32.6. The number of carboxylic acid groups (broad SMARTS) is 4. The van der Waals surface area contributed by atoms with Crippen molar-refractivity contribution in [3.63, 3.8) is 0 Å². The quantitative estimate of drug-likeness (QED) is 0.330. The summed E-state index contributed by atoms with van der Waals surface area (Å²) in [5.41, 5.74) is 0. The third-order valence-electron chi connectivity index (χ3n) is 0.349. The zero-order valence-electron chi connectivity index (χ0n) is 7.70. The summed E-state index contributed by atoms with van der Waals surface area (Å²) in [6.07, 6.45) is 0. The van der Waals surface area contributed by atoms with E-state index in [9.17, 15) is 0 Å². The van der Waals surface area contributed by atoms with E-state index in [-0.39, 0.29) is 120 Å². The molecule has 0 atom stereocenters. The van der Waals surface area contributed by atoms with Crippen LogP contribution in [0.1, 0.15) is 0 Å². The molecular weight excluding hydrogens is 310 g/mol. The summed E-state index contributed by atoms with van der Waals surface area (Å²) in [5.74, 6) is -8.02. The zero-order valence-corrected chi connectivity index (χ0v) is 15.0. The summed E-state index contributed by atoms with van der Waals surface area (Å²) in [6.45, 7) is 0. The van der Waals surface area contributed by atoms with Gasteiger partial charge in [-0.05, 0) is 0 Å². The first kappa shape index (κ1) is 30.1. The fourth-order valence-corrected chi connectivity index (χ4v) is 0. The van der Waals surface area contributed by atoms with Crippen LogP contribution in [-0.2, 0) is 36.2 Å². The number of hydrogen-bond donors (Lipinski definition) is 2. The van der Waals surface area contributed by atoms with Crippen LogP contribution in [0.15, 0.2) is 0 Å². The van der Waals surface area contributed by atoms with Crippen molar-refractivity contribution < 1.29 is 159 Å². The minimum Gasteiger partial charge on any atom is -0.539 e. The van der Waals surface area contributed by atoms with Crippen LogP contribution in [0.5, 0.6) is 0 Å². The number of aliphatic carboxylic acids is 4. The summed E-state index contributed by atoms with van der Waals surface area (Å²) >= 11 is 0. The molecule has 0 aromatic heterocycles. The number of carboxylic acids is 4. The van der Waals surface area contributed by atoms with Crippen LogP contribution in [-0.4, -0.2) is 34.1 Å². The maximum absolute atomic E-state index is 9.04. The number of rotatable bonds is 0. The van der Waals surface area contributed by atoms with Gasteiger partial charge in [0.15, 0.2) is 11.9 Å².